The number of rotatable bonds is 2. The topological polar surface area (TPSA) is 32.9 Å². The van der Waals surface area contributed by atoms with Gasteiger partial charge in [0.05, 0.1) is 5.52 Å². The third kappa shape index (κ3) is 1.28. The summed E-state index contributed by atoms with van der Waals surface area (Å²) in [6.07, 6.45) is 4.71. The van der Waals surface area contributed by atoms with Gasteiger partial charge in [-0.05, 0) is 18.9 Å². The van der Waals surface area contributed by atoms with E-state index in [9.17, 15) is 9.18 Å². The Morgan fingerprint density at radius 3 is 2.88 bits per heavy atom. The summed E-state index contributed by atoms with van der Waals surface area (Å²) < 4.78 is 13.4. The second kappa shape index (κ2) is 3.44. The fourth-order valence-electron chi connectivity index (χ4n) is 2.21. The van der Waals surface area contributed by atoms with Crippen molar-refractivity contribution in [3.8, 4) is 0 Å². The van der Waals surface area contributed by atoms with Crippen LogP contribution in [-0.2, 0) is 0 Å². The van der Waals surface area contributed by atoms with Crippen molar-refractivity contribution in [1.29, 1.82) is 0 Å². The molecule has 0 atom stereocenters. The molecule has 0 amide bonds. The molecule has 0 spiro atoms. The maximum atomic E-state index is 13.4. The lowest BCUT2D eigenvalue weighted by Gasteiger charge is -2.23. The van der Waals surface area contributed by atoms with E-state index in [2.05, 4.69) is 4.98 Å². The Kier molecular flexibility index (Phi) is 2.06. The minimum Gasteiger partial charge on any atom is -0.358 e. The molecule has 2 aromatic rings. The average molecular weight is 217 g/mol. The van der Waals surface area contributed by atoms with Gasteiger partial charge in [-0.25, -0.2) is 4.39 Å². The van der Waals surface area contributed by atoms with Crippen molar-refractivity contribution in [2.45, 2.75) is 19.3 Å². The van der Waals surface area contributed by atoms with E-state index in [-0.39, 0.29) is 17.5 Å². The summed E-state index contributed by atoms with van der Waals surface area (Å²) in [5, 5.41) is 0.705. The van der Waals surface area contributed by atoms with Crippen LogP contribution in [0.4, 0.5) is 4.39 Å². The summed E-state index contributed by atoms with van der Waals surface area (Å²) in [7, 11) is 0. The first kappa shape index (κ1) is 9.58. The molecule has 1 aliphatic rings. The maximum Gasteiger partial charge on any atom is 0.168 e. The van der Waals surface area contributed by atoms with Gasteiger partial charge >= 0.3 is 0 Å². The van der Waals surface area contributed by atoms with Crippen LogP contribution in [0.3, 0.4) is 0 Å². The fourth-order valence-corrected chi connectivity index (χ4v) is 2.21. The minimum absolute atomic E-state index is 0.155. The maximum absolute atomic E-state index is 13.4. The molecular weight excluding hydrogens is 205 g/mol. The van der Waals surface area contributed by atoms with Crippen molar-refractivity contribution in [3.63, 3.8) is 0 Å². The van der Waals surface area contributed by atoms with Crippen molar-refractivity contribution < 1.29 is 9.18 Å². The Balaban J connectivity index is 2.10. The Labute approximate surface area is 92.5 Å². The normalized spacial score (nSPS) is 16.3. The highest BCUT2D eigenvalue weighted by Gasteiger charge is 2.27. The number of fused-ring (bicyclic) bond motifs is 1. The third-order valence-electron chi connectivity index (χ3n) is 3.41. The van der Waals surface area contributed by atoms with E-state index in [1.54, 1.807) is 18.3 Å². The molecule has 1 fully saturated rings. The number of ketones is 1. The lowest BCUT2D eigenvalue weighted by Crippen LogP contribution is -2.21. The molecule has 16 heavy (non-hydrogen) atoms. The number of aromatic amines is 1. The third-order valence-corrected chi connectivity index (χ3v) is 3.41. The Bertz CT molecular complexity index is 554. The highest BCUT2D eigenvalue weighted by molar-refractivity contribution is 6.09. The average Bonchev–Trinajstić information content (AvgIpc) is 2.59. The molecule has 0 radical (unpaired) electrons. The molecule has 1 N–H and O–H groups in total. The van der Waals surface area contributed by atoms with Gasteiger partial charge in [-0.2, -0.15) is 0 Å². The van der Waals surface area contributed by atoms with Crippen LogP contribution in [0.25, 0.3) is 10.9 Å². The largest absolute Gasteiger partial charge is 0.358 e. The van der Waals surface area contributed by atoms with Gasteiger partial charge in [-0.1, -0.05) is 18.6 Å². The van der Waals surface area contributed by atoms with Crippen LogP contribution in [0, 0.1) is 11.7 Å². The number of carbonyl (C=O) groups excluding carboxylic acids is 1. The van der Waals surface area contributed by atoms with Crippen LogP contribution in [0.5, 0.6) is 0 Å². The molecule has 2 nitrogen and oxygen atoms in total. The first-order valence-corrected chi connectivity index (χ1v) is 5.57. The molecule has 0 saturated heterocycles. The van der Waals surface area contributed by atoms with Gasteiger partial charge < -0.3 is 4.98 Å². The first-order valence-electron chi connectivity index (χ1n) is 5.57. The van der Waals surface area contributed by atoms with Crippen molar-refractivity contribution in [2.75, 3.05) is 0 Å². The van der Waals surface area contributed by atoms with E-state index in [1.807, 2.05) is 0 Å². The van der Waals surface area contributed by atoms with E-state index in [1.165, 1.54) is 6.07 Å². The van der Waals surface area contributed by atoms with Crippen LogP contribution in [0.2, 0.25) is 0 Å². The highest BCUT2D eigenvalue weighted by Crippen LogP contribution is 2.32. The number of benzene rings is 1. The number of para-hydroxylation sites is 1. The van der Waals surface area contributed by atoms with Gasteiger partial charge in [0.25, 0.3) is 0 Å². The van der Waals surface area contributed by atoms with Crippen molar-refractivity contribution in [3.05, 3.63) is 35.8 Å². The van der Waals surface area contributed by atoms with Crippen LogP contribution in [-0.4, -0.2) is 10.8 Å². The molecule has 1 heterocycles. The van der Waals surface area contributed by atoms with E-state index < -0.39 is 0 Å². The number of hydrogen-bond donors (Lipinski definition) is 1. The molecule has 1 aliphatic carbocycles. The van der Waals surface area contributed by atoms with Crippen molar-refractivity contribution in [2.24, 2.45) is 5.92 Å². The number of halogens is 1. The lowest BCUT2D eigenvalue weighted by molar-refractivity contribution is 0.0857. The zero-order valence-corrected chi connectivity index (χ0v) is 8.79. The Morgan fingerprint density at radius 1 is 1.38 bits per heavy atom. The SMILES string of the molecule is O=C(c1c[nH]c2c(F)cccc12)C1CCC1. The monoisotopic (exact) mass is 217 g/mol. The summed E-state index contributed by atoms with van der Waals surface area (Å²) in [5.74, 6) is 0.00975. The summed E-state index contributed by atoms with van der Waals surface area (Å²) >= 11 is 0. The number of nitrogens with one attached hydrogen (secondary N) is 1. The summed E-state index contributed by atoms with van der Waals surface area (Å²) in [4.78, 5) is 14.9. The molecule has 0 unspecified atom stereocenters. The molecule has 1 saturated carbocycles. The molecule has 3 heteroatoms. The number of hydrogen-bond acceptors (Lipinski definition) is 1. The summed E-state index contributed by atoms with van der Waals surface area (Å²) in [5.41, 5.74) is 1.07. The molecule has 1 aromatic heterocycles. The first-order chi connectivity index (χ1) is 7.77. The number of aromatic nitrogens is 1. The zero-order chi connectivity index (χ0) is 11.1. The Hall–Kier alpha value is -1.64. The standard InChI is InChI=1S/C13H12FNO/c14-11-6-2-5-9-10(7-15-12(9)11)13(16)8-3-1-4-8/h2,5-8,15H,1,3-4H2. The van der Waals surface area contributed by atoms with Gasteiger partial charge in [0.15, 0.2) is 5.78 Å². The molecule has 0 aliphatic heterocycles. The van der Waals surface area contributed by atoms with Gasteiger partial charge in [0.1, 0.15) is 5.82 Å². The van der Waals surface area contributed by atoms with Crippen LogP contribution < -0.4 is 0 Å². The molecule has 1 aromatic carbocycles. The van der Waals surface area contributed by atoms with E-state index in [0.29, 0.717) is 16.5 Å². The van der Waals surface area contributed by atoms with Crippen LogP contribution >= 0.6 is 0 Å². The van der Waals surface area contributed by atoms with Gasteiger partial charge in [0, 0.05) is 23.1 Å². The molecule has 82 valence electrons. The summed E-state index contributed by atoms with van der Waals surface area (Å²) in [6.45, 7) is 0. The second-order valence-electron chi connectivity index (χ2n) is 4.36. The van der Waals surface area contributed by atoms with Crippen LogP contribution in [0.1, 0.15) is 29.6 Å². The van der Waals surface area contributed by atoms with E-state index >= 15 is 0 Å². The number of H-pyrrole nitrogens is 1. The van der Waals surface area contributed by atoms with E-state index in [4.69, 9.17) is 0 Å². The quantitative estimate of drug-likeness (QED) is 0.769. The molecule has 3 rings (SSSR count). The molecule has 0 bridgehead atoms. The van der Waals surface area contributed by atoms with Crippen LogP contribution in [0.15, 0.2) is 24.4 Å². The highest BCUT2D eigenvalue weighted by atomic mass is 19.1. The van der Waals surface area contributed by atoms with E-state index in [0.717, 1.165) is 19.3 Å². The lowest BCUT2D eigenvalue weighted by atomic mass is 9.80. The minimum atomic E-state index is -0.301. The predicted octanol–water partition coefficient (Wildman–Crippen LogP) is 3.29. The fraction of sp³-hybridized carbons (Fsp3) is 0.308. The van der Waals surface area contributed by atoms with Gasteiger partial charge in [-0.15, -0.1) is 0 Å². The van der Waals surface area contributed by atoms with Gasteiger partial charge in [0.2, 0.25) is 0 Å². The van der Waals surface area contributed by atoms with Gasteiger partial charge in [-0.3, -0.25) is 4.79 Å². The second-order valence-corrected chi connectivity index (χ2v) is 4.36. The zero-order valence-electron chi connectivity index (χ0n) is 8.79. The summed E-state index contributed by atoms with van der Waals surface area (Å²) in [6, 6.07) is 4.83. The van der Waals surface area contributed by atoms with Crippen molar-refractivity contribution in [1.82, 2.24) is 4.98 Å². The van der Waals surface area contributed by atoms with Crippen molar-refractivity contribution >= 4 is 16.7 Å². The smallest absolute Gasteiger partial charge is 0.168 e. The predicted molar refractivity (Wildman–Crippen MR) is 59.9 cm³/mol. The number of carbonyl (C=O) groups is 1. The Morgan fingerprint density at radius 2 is 2.19 bits per heavy atom. The number of Topliss-reactive ketones (excluding diaryl/α,β-unsaturated/α-hetero) is 1. The molecular formula is C13H12FNO.